The highest BCUT2D eigenvalue weighted by molar-refractivity contribution is 9.10. The van der Waals surface area contributed by atoms with E-state index in [2.05, 4.69) is 27.0 Å². The van der Waals surface area contributed by atoms with Gasteiger partial charge in [-0.15, -0.1) is 11.3 Å². The van der Waals surface area contributed by atoms with Crippen LogP contribution in [0.1, 0.15) is 16.3 Å². The molecular weight excluding hydrogens is 352 g/mol. The second-order valence-corrected chi connectivity index (χ2v) is 5.93. The summed E-state index contributed by atoms with van der Waals surface area (Å²) in [6, 6.07) is 7.64. The number of halogens is 1. The lowest BCUT2D eigenvalue weighted by Gasteiger charge is -2.06. The van der Waals surface area contributed by atoms with Gasteiger partial charge in [0.2, 0.25) is 0 Å². The number of nitrogens with zero attached hydrogens (tertiary/aromatic N) is 2. The van der Waals surface area contributed by atoms with E-state index in [4.69, 9.17) is 9.84 Å². The van der Waals surface area contributed by atoms with E-state index in [0.29, 0.717) is 16.3 Å². The van der Waals surface area contributed by atoms with Gasteiger partial charge in [0, 0.05) is 15.5 Å². The van der Waals surface area contributed by atoms with Gasteiger partial charge in [-0.05, 0) is 30.7 Å². The van der Waals surface area contributed by atoms with E-state index in [1.807, 2.05) is 24.4 Å². The van der Waals surface area contributed by atoms with Crippen molar-refractivity contribution in [2.45, 2.75) is 6.92 Å². The van der Waals surface area contributed by atoms with Gasteiger partial charge >= 0.3 is 0 Å². The molecule has 1 N–H and O–H groups in total. The molecule has 2 aromatic rings. The standard InChI is InChI=1S/C15H13BrN2O2S/c1-10-9-21-15(18-10)12(8-17)6-11-2-3-13(7-14(11)16)20-5-4-19/h2-3,6-7,9,19H,4-5H2,1H3/b12-6-. The van der Waals surface area contributed by atoms with E-state index < -0.39 is 0 Å². The smallest absolute Gasteiger partial charge is 0.134 e. The average Bonchev–Trinajstić information content (AvgIpc) is 2.90. The molecule has 0 fully saturated rings. The summed E-state index contributed by atoms with van der Waals surface area (Å²) in [5.41, 5.74) is 2.30. The molecule has 108 valence electrons. The SMILES string of the molecule is Cc1csc(/C(C#N)=C\c2ccc(OCCO)cc2Br)n1. The molecule has 0 bridgehead atoms. The minimum absolute atomic E-state index is 0.0265. The lowest BCUT2D eigenvalue weighted by Crippen LogP contribution is -2.01. The second-order valence-electron chi connectivity index (χ2n) is 4.22. The predicted octanol–water partition coefficient (Wildman–Crippen LogP) is 3.65. The molecule has 0 spiro atoms. The molecule has 1 aromatic carbocycles. The summed E-state index contributed by atoms with van der Waals surface area (Å²) in [6.45, 7) is 2.13. The van der Waals surface area contributed by atoms with Crippen LogP contribution in [-0.2, 0) is 0 Å². The number of nitriles is 1. The van der Waals surface area contributed by atoms with Crippen molar-refractivity contribution in [3.8, 4) is 11.8 Å². The Labute approximate surface area is 135 Å². The van der Waals surface area contributed by atoms with Crippen molar-refractivity contribution in [2.24, 2.45) is 0 Å². The Kier molecular flexibility index (Phi) is 5.51. The Morgan fingerprint density at radius 3 is 2.95 bits per heavy atom. The third-order valence-corrected chi connectivity index (χ3v) is 4.28. The van der Waals surface area contributed by atoms with Crippen molar-refractivity contribution in [3.63, 3.8) is 0 Å². The molecule has 0 aliphatic rings. The minimum atomic E-state index is -0.0265. The Morgan fingerprint density at radius 1 is 1.57 bits per heavy atom. The molecule has 0 amide bonds. The van der Waals surface area contributed by atoms with Gasteiger partial charge in [-0.2, -0.15) is 5.26 Å². The van der Waals surface area contributed by atoms with Gasteiger partial charge in [0.1, 0.15) is 23.4 Å². The van der Waals surface area contributed by atoms with Crippen molar-refractivity contribution < 1.29 is 9.84 Å². The van der Waals surface area contributed by atoms with Gasteiger partial charge in [-0.3, -0.25) is 0 Å². The van der Waals surface area contributed by atoms with Gasteiger partial charge < -0.3 is 9.84 Å². The van der Waals surface area contributed by atoms with Gasteiger partial charge in [0.05, 0.1) is 12.2 Å². The zero-order valence-corrected chi connectivity index (χ0v) is 13.7. The third-order valence-electron chi connectivity index (χ3n) is 2.60. The van der Waals surface area contributed by atoms with E-state index in [9.17, 15) is 5.26 Å². The Hall–Kier alpha value is -1.68. The summed E-state index contributed by atoms with van der Waals surface area (Å²) < 4.78 is 6.15. The Morgan fingerprint density at radius 2 is 2.38 bits per heavy atom. The summed E-state index contributed by atoms with van der Waals surface area (Å²) in [5.74, 6) is 0.664. The first kappa shape index (κ1) is 15.7. The molecule has 0 saturated carbocycles. The zero-order valence-electron chi connectivity index (χ0n) is 11.3. The average molecular weight is 365 g/mol. The van der Waals surface area contributed by atoms with Gasteiger partial charge in [0.25, 0.3) is 0 Å². The molecule has 1 heterocycles. The highest BCUT2D eigenvalue weighted by Crippen LogP contribution is 2.28. The summed E-state index contributed by atoms with van der Waals surface area (Å²) >= 11 is 4.91. The molecule has 0 radical (unpaired) electrons. The van der Waals surface area contributed by atoms with Crippen molar-refractivity contribution in [2.75, 3.05) is 13.2 Å². The molecule has 21 heavy (non-hydrogen) atoms. The van der Waals surface area contributed by atoms with Crippen LogP contribution < -0.4 is 4.74 Å². The molecule has 0 unspecified atom stereocenters. The fourth-order valence-corrected chi connectivity index (χ4v) is 2.89. The molecular formula is C15H13BrN2O2S. The molecule has 0 aliphatic carbocycles. The lowest BCUT2D eigenvalue weighted by molar-refractivity contribution is 0.201. The first-order chi connectivity index (χ1) is 10.1. The largest absolute Gasteiger partial charge is 0.491 e. The minimum Gasteiger partial charge on any atom is -0.491 e. The number of hydrogen-bond acceptors (Lipinski definition) is 5. The fraction of sp³-hybridized carbons (Fsp3) is 0.200. The molecule has 0 saturated heterocycles. The number of hydrogen-bond donors (Lipinski definition) is 1. The van der Waals surface area contributed by atoms with Crippen LogP contribution in [0, 0.1) is 18.3 Å². The summed E-state index contributed by atoms with van der Waals surface area (Å²) in [6.07, 6.45) is 1.79. The van der Waals surface area contributed by atoms with Crippen LogP contribution in [0.5, 0.6) is 5.75 Å². The van der Waals surface area contributed by atoms with Crippen LogP contribution in [-0.4, -0.2) is 23.3 Å². The summed E-state index contributed by atoms with van der Waals surface area (Å²) in [4.78, 5) is 4.33. The number of aryl methyl sites for hydroxylation is 1. The molecule has 2 rings (SSSR count). The van der Waals surface area contributed by atoms with E-state index in [0.717, 1.165) is 15.7 Å². The van der Waals surface area contributed by atoms with Crippen LogP contribution in [0.4, 0.5) is 0 Å². The van der Waals surface area contributed by atoms with E-state index in [1.165, 1.54) is 11.3 Å². The zero-order chi connectivity index (χ0) is 15.2. The maximum absolute atomic E-state index is 9.29. The van der Waals surface area contributed by atoms with Crippen LogP contribution in [0.15, 0.2) is 28.1 Å². The molecule has 1 aromatic heterocycles. The summed E-state index contributed by atoms with van der Waals surface area (Å²) in [7, 11) is 0. The molecule has 0 aliphatic heterocycles. The van der Waals surface area contributed by atoms with E-state index in [-0.39, 0.29) is 13.2 Å². The lowest BCUT2D eigenvalue weighted by atomic mass is 10.1. The number of thiazole rings is 1. The second kappa shape index (κ2) is 7.36. The van der Waals surface area contributed by atoms with Crippen molar-refractivity contribution in [3.05, 3.63) is 44.3 Å². The number of aliphatic hydroxyl groups excluding tert-OH is 1. The number of rotatable bonds is 5. The van der Waals surface area contributed by atoms with E-state index >= 15 is 0 Å². The fourth-order valence-electron chi connectivity index (χ4n) is 1.65. The molecule has 0 atom stereocenters. The van der Waals surface area contributed by atoms with Crippen LogP contribution in [0.25, 0.3) is 11.6 Å². The highest BCUT2D eigenvalue weighted by Gasteiger charge is 2.07. The van der Waals surface area contributed by atoms with Crippen molar-refractivity contribution in [1.29, 1.82) is 5.26 Å². The monoisotopic (exact) mass is 364 g/mol. The number of ether oxygens (including phenoxy) is 1. The number of aliphatic hydroxyl groups is 1. The normalized spacial score (nSPS) is 11.2. The number of benzene rings is 1. The first-order valence-corrected chi connectivity index (χ1v) is 7.89. The molecule has 4 nitrogen and oxygen atoms in total. The van der Waals surface area contributed by atoms with Gasteiger partial charge in [0.15, 0.2) is 0 Å². The van der Waals surface area contributed by atoms with Crippen LogP contribution in [0.2, 0.25) is 0 Å². The number of allylic oxidation sites excluding steroid dienone is 1. The third kappa shape index (κ3) is 4.14. The topological polar surface area (TPSA) is 66.1 Å². The maximum Gasteiger partial charge on any atom is 0.134 e. The summed E-state index contributed by atoms with van der Waals surface area (Å²) in [5, 5.41) is 20.7. The quantitative estimate of drug-likeness (QED) is 0.822. The van der Waals surface area contributed by atoms with Crippen molar-refractivity contribution >= 4 is 38.9 Å². The van der Waals surface area contributed by atoms with Crippen molar-refractivity contribution in [1.82, 2.24) is 4.98 Å². The van der Waals surface area contributed by atoms with Crippen LogP contribution in [0.3, 0.4) is 0 Å². The van der Waals surface area contributed by atoms with E-state index in [1.54, 1.807) is 12.1 Å². The Bertz CT molecular complexity index is 704. The van der Waals surface area contributed by atoms with Gasteiger partial charge in [-0.1, -0.05) is 22.0 Å². The first-order valence-electron chi connectivity index (χ1n) is 6.21. The highest BCUT2D eigenvalue weighted by atomic mass is 79.9. The maximum atomic E-state index is 9.29. The Balaban J connectivity index is 2.29. The molecule has 6 heteroatoms. The number of aromatic nitrogens is 1. The van der Waals surface area contributed by atoms with Gasteiger partial charge in [-0.25, -0.2) is 4.98 Å². The predicted molar refractivity (Wildman–Crippen MR) is 87.1 cm³/mol. The van der Waals surface area contributed by atoms with Crippen LogP contribution >= 0.6 is 27.3 Å².